The summed E-state index contributed by atoms with van der Waals surface area (Å²) >= 11 is 0. The van der Waals surface area contributed by atoms with Crippen LogP contribution in [0.3, 0.4) is 0 Å². The fraction of sp³-hybridized carbons (Fsp3) is 0.714. The lowest BCUT2D eigenvalue weighted by Crippen LogP contribution is -2.21. The third-order valence-electron chi connectivity index (χ3n) is 3.69. The lowest BCUT2D eigenvalue weighted by Gasteiger charge is -2.27. The highest BCUT2D eigenvalue weighted by Gasteiger charge is 2.18. The van der Waals surface area contributed by atoms with Gasteiger partial charge in [0.2, 0.25) is 5.95 Å². The van der Waals surface area contributed by atoms with E-state index in [1.54, 1.807) is 0 Å². The maximum atomic E-state index is 4.42. The number of hydrogen-bond donors (Lipinski definition) is 2. The van der Waals surface area contributed by atoms with Crippen molar-refractivity contribution >= 4 is 11.8 Å². The first-order valence-electron chi connectivity index (χ1n) is 6.94. The van der Waals surface area contributed by atoms with E-state index >= 15 is 0 Å². The quantitative estimate of drug-likeness (QED) is 0.860. The Morgan fingerprint density at radius 1 is 1.33 bits per heavy atom. The van der Waals surface area contributed by atoms with E-state index in [0.717, 1.165) is 29.9 Å². The average Bonchev–Trinajstić information content (AvgIpc) is 2.36. The van der Waals surface area contributed by atoms with Crippen LogP contribution in [0.1, 0.15) is 38.3 Å². The first kappa shape index (κ1) is 13.1. The zero-order valence-electron chi connectivity index (χ0n) is 11.7. The van der Waals surface area contributed by atoms with Crippen molar-refractivity contribution < 1.29 is 0 Å². The Hall–Kier alpha value is -1.32. The van der Waals surface area contributed by atoms with E-state index in [1.807, 2.05) is 20.0 Å². The highest BCUT2D eigenvalue weighted by atomic mass is 15.1. The van der Waals surface area contributed by atoms with Gasteiger partial charge >= 0.3 is 0 Å². The number of rotatable bonds is 4. The Labute approximate surface area is 110 Å². The number of hydrogen-bond acceptors (Lipinski definition) is 4. The van der Waals surface area contributed by atoms with Crippen molar-refractivity contribution in [3.8, 4) is 0 Å². The molecule has 4 nitrogen and oxygen atoms in total. The van der Waals surface area contributed by atoms with Crippen molar-refractivity contribution in [2.24, 2.45) is 11.8 Å². The van der Waals surface area contributed by atoms with Gasteiger partial charge in [0.25, 0.3) is 0 Å². The van der Waals surface area contributed by atoms with Crippen LogP contribution in [0, 0.1) is 18.8 Å². The first-order chi connectivity index (χ1) is 8.67. The van der Waals surface area contributed by atoms with Crippen LogP contribution in [0.15, 0.2) is 6.07 Å². The zero-order valence-corrected chi connectivity index (χ0v) is 11.7. The van der Waals surface area contributed by atoms with Crippen LogP contribution in [0.5, 0.6) is 0 Å². The molecular weight excluding hydrogens is 224 g/mol. The molecule has 100 valence electrons. The predicted molar refractivity (Wildman–Crippen MR) is 75.9 cm³/mol. The summed E-state index contributed by atoms with van der Waals surface area (Å²) in [5.41, 5.74) is 0.994. The van der Waals surface area contributed by atoms with Crippen LogP contribution in [-0.4, -0.2) is 23.6 Å². The molecule has 0 aromatic carbocycles. The van der Waals surface area contributed by atoms with Crippen LogP contribution in [-0.2, 0) is 0 Å². The van der Waals surface area contributed by atoms with E-state index in [-0.39, 0.29) is 0 Å². The van der Waals surface area contributed by atoms with Crippen molar-refractivity contribution in [3.63, 3.8) is 0 Å². The van der Waals surface area contributed by atoms with Gasteiger partial charge in [0.05, 0.1) is 0 Å². The van der Waals surface area contributed by atoms with Gasteiger partial charge in [0.15, 0.2) is 0 Å². The SMILES string of the molecule is CNc1nc(C)cc(NCC2CCCC(C)C2)n1. The Morgan fingerprint density at radius 3 is 2.89 bits per heavy atom. The maximum Gasteiger partial charge on any atom is 0.224 e. The fourth-order valence-corrected chi connectivity index (χ4v) is 2.76. The Balaban J connectivity index is 1.91. The summed E-state index contributed by atoms with van der Waals surface area (Å²) in [4.78, 5) is 8.72. The third-order valence-corrected chi connectivity index (χ3v) is 3.69. The van der Waals surface area contributed by atoms with Gasteiger partial charge in [-0.15, -0.1) is 0 Å². The highest BCUT2D eigenvalue weighted by Crippen LogP contribution is 2.28. The molecule has 2 unspecified atom stereocenters. The Morgan fingerprint density at radius 2 is 2.17 bits per heavy atom. The molecule has 0 amide bonds. The van der Waals surface area contributed by atoms with E-state index in [4.69, 9.17) is 0 Å². The minimum atomic E-state index is 0.689. The summed E-state index contributed by atoms with van der Waals surface area (Å²) in [6.45, 7) is 5.39. The molecule has 4 heteroatoms. The van der Waals surface area contributed by atoms with Gasteiger partial charge in [-0.2, -0.15) is 4.98 Å². The third kappa shape index (κ3) is 3.59. The van der Waals surface area contributed by atoms with Crippen LogP contribution in [0.2, 0.25) is 0 Å². The van der Waals surface area contributed by atoms with Gasteiger partial charge in [-0.05, 0) is 31.6 Å². The molecule has 2 rings (SSSR count). The number of nitrogens with zero attached hydrogens (tertiary/aromatic N) is 2. The number of anilines is 2. The van der Waals surface area contributed by atoms with E-state index in [2.05, 4.69) is 27.5 Å². The Bertz CT molecular complexity index is 391. The van der Waals surface area contributed by atoms with E-state index in [1.165, 1.54) is 25.7 Å². The van der Waals surface area contributed by atoms with Gasteiger partial charge in [0.1, 0.15) is 5.82 Å². The van der Waals surface area contributed by atoms with Crippen molar-refractivity contribution in [2.75, 3.05) is 24.2 Å². The molecule has 2 atom stereocenters. The second-order valence-corrected chi connectivity index (χ2v) is 5.49. The molecular formula is C14H24N4. The minimum absolute atomic E-state index is 0.689. The maximum absolute atomic E-state index is 4.42. The molecule has 0 aliphatic heterocycles. The number of aryl methyl sites for hydroxylation is 1. The molecule has 1 aliphatic rings. The molecule has 0 radical (unpaired) electrons. The largest absolute Gasteiger partial charge is 0.370 e. The van der Waals surface area contributed by atoms with Gasteiger partial charge < -0.3 is 10.6 Å². The van der Waals surface area contributed by atoms with Crippen molar-refractivity contribution in [1.29, 1.82) is 0 Å². The van der Waals surface area contributed by atoms with E-state index in [9.17, 15) is 0 Å². The van der Waals surface area contributed by atoms with Gasteiger partial charge in [-0.25, -0.2) is 4.98 Å². The zero-order chi connectivity index (χ0) is 13.0. The van der Waals surface area contributed by atoms with Crippen LogP contribution in [0.25, 0.3) is 0 Å². The second-order valence-electron chi connectivity index (χ2n) is 5.49. The Kier molecular flexibility index (Phi) is 4.39. The van der Waals surface area contributed by atoms with Crippen molar-refractivity contribution in [3.05, 3.63) is 11.8 Å². The monoisotopic (exact) mass is 248 g/mol. The van der Waals surface area contributed by atoms with Crippen LogP contribution >= 0.6 is 0 Å². The lowest BCUT2D eigenvalue weighted by molar-refractivity contribution is 0.293. The fourth-order valence-electron chi connectivity index (χ4n) is 2.76. The molecule has 0 saturated heterocycles. The molecule has 1 aromatic heterocycles. The average molecular weight is 248 g/mol. The molecule has 1 saturated carbocycles. The van der Waals surface area contributed by atoms with Crippen LogP contribution < -0.4 is 10.6 Å². The molecule has 1 fully saturated rings. The highest BCUT2D eigenvalue weighted by molar-refractivity contribution is 5.41. The molecule has 1 aromatic rings. The first-order valence-corrected chi connectivity index (χ1v) is 6.94. The van der Waals surface area contributed by atoms with Crippen molar-refractivity contribution in [1.82, 2.24) is 9.97 Å². The molecule has 0 bridgehead atoms. The molecule has 0 spiro atoms. The minimum Gasteiger partial charge on any atom is -0.370 e. The van der Waals surface area contributed by atoms with Crippen molar-refractivity contribution in [2.45, 2.75) is 39.5 Å². The topological polar surface area (TPSA) is 49.8 Å². The summed E-state index contributed by atoms with van der Waals surface area (Å²) in [7, 11) is 1.85. The summed E-state index contributed by atoms with van der Waals surface area (Å²) in [5.74, 6) is 3.30. The van der Waals surface area contributed by atoms with E-state index < -0.39 is 0 Å². The summed E-state index contributed by atoms with van der Waals surface area (Å²) < 4.78 is 0. The van der Waals surface area contributed by atoms with E-state index in [0.29, 0.717) is 5.95 Å². The van der Waals surface area contributed by atoms with Crippen LogP contribution in [0.4, 0.5) is 11.8 Å². The predicted octanol–water partition coefficient (Wildman–Crippen LogP) is 3.06. The molecule has 18 heavy (non-hydrogen) atoms. The molecule has 1 heterocycles. The molecule has 1 aliphatic carbocycles. The number of aromatic nitrogens is 2. The van der Waals surface area contributed by atoms with Gasteiger partial charge in [-0.1, -0.05) is 19.8 Å². The van der Waals surface area contributed by atoms with Gasteiger partial charge in [-0.3, -0.25) is 0 Å². The smallest absolute Gasteiger partial charge is 0.224 e. The number of nitrogens with one attached hydrogen (secondary N) is 2. The lowest BCUT2D eigenvalue weighted by atomic mass is 9.82. The molecule has 2 N–H and O–H groups in total. The van der Waals surface area contributed by atoms with Gasteiger partial charge in [0, 0.05) is 25.4 Å². The summed E-state index contributed by atoms with van der Waals surface area (Å²) in [5, 5.41) is 6.45. The summed E-state index contributed by atoms with van der Waals surface area (Å²) in [6.07, 6.45) is 5.46. The summed E-state index contributed by atoms with van der Waals surface area (Å²) in [6, 6.07) is 2.01. The standard InChI is InChI=1S/C14H24N4/c1-10-5-4-6-12(7-10)9-16-13-8-11(2)17-14(15-3)18-13/h8,10,12H,4-7,9H2,1-3H3,(H2,15,16,17,18). The normalized spacial score (nSPS) is 23.7. The second kappa shape index (κ2) is 6.03.